The highest BCUT2D eigenvalue weighted by Gasteiger charge is 2.39. The van der Waals surface area contributed by atoms with Crippen molar-refractivity contribution >= 4 is 34.4 Å². The van der Waals surface area contributed by atoms with Crippen LogP contribution in [0, 0.1) is 15.9 Å². The maximum atomic E-state index is 13.5. The summed E-state index contributed by atoms with van der Waals surface area (Å²) in [5, 5.41) is 11.8. The predicted molar refractivity (Wildman–Crippen MR) is 149 cm³/mol. The van der Waals surface area contributed by atoms with Gasteiger partial charge in [-0.2, -0.15) is 13.2 Å². The number of fused-ring (bicyclic) bond motifs is 1. The Labute approximate surface area is 239 Å². The first-order valence-electron chi connectivity index (χ1n) is 13.8. The Morgan fingerprint density at radius 3 is 2.40 bits per heavy atom. The normalized spacial score (nSPS) is 20.8. The van der Waals surface area contributed by atoms with Gasteiger partial charge in [-0.3, -0.25) is 19.8 Å². The number of pyridine rings is 1. The molecule has 2 fully saturated rings. The number of nitro benzene ring substituents is 1. The van der Waals surface area contributed by atoms with Crippen molar-refractivity contribution in [2.24, 2.45) is 0 Å². The molecule has 1 unspecified atom stereocenters. The highest BCUT2D eigenvalue weighted by atomic mass is 19.4. The minimum absolute atomic E-state index is 0.0726. The molecule has 5 rings (SSSR count). The van der Waals surface area contributed by atoms with E-state index in [1.165, 1.54) is 18.2 Å². The van der Waals surface area contributed by atoms with E-state index in [2.05, 4.69) is 9.88 Å². The first-order valence-corrected chi connectivity index (χ1v) is 13.8. The monoisotopic (exact) mass is 589 g/mol. The van der Waals surface area contributed by atoms with Crippen LogP contribution in [-0.2, 0) is 15.7 Å². The average Bonchev–Trinajstić information content (AvgIpc) is 2.99. The van der Waals surface area contributed by atoms with E-state index in [9.17, 15) is 32.5 Å². The first kappa shape index (κ1) is 29.6. The molecule has 224 valence electrons. The summed E-state index contributed by atoms with van der Waals surface area (Å²) in [7, 11) is 1.68. The number of nitrogens with zero attached hydrogens (tertiary/aromatic N) is 5. The molecule has 3 aromatic rings. The minimum atomic E-state index is -4.84. The molecule has 2 aromatic carbocycles. The van der Waals surface area contributed by atoms with E-state index in [4.69, 9.17) is 4.74 Å². The molecule has 42 heavy (non-hydrogen) atoms. The number of nitro groups is 1. The summed E-state index contributed by atoms with van der Waals surface area (Å²) in [4.78, 5) is 32.5. The third kappa shape index (κ3) is 6.46. The van der Waals surface area contributed by atoms with Gasteiger partial charge < -0.3 is 14.5 Å². The number of hydrogen-bond acceptors (Lipinski definition) is 8. The lowest BCUT2D eigenvalue weighted by Crippen LogP contribution is -2.53. The van der Waals surface area contributed by atoms with Gasteiger partial charge in [0, 0.05) is 56.4 Å². The van der Waals surface area contributed by atoms with E-state index in [0.29, 0.717) is 57.4 Å². The van der Waals surface area contributed by atoms with Crippen LogP contribution in [0.4, 0.5) is 34.8 Å². The zero-order valence-corrected chi connectivity index (χ0v) is 23.0. The lowest BCUT2D eigenvalue weighted by atomic mass is 9.91. The molecule has 1 aromatic heterocycles. The zero-order chi connectivity index (χ0) is 30.0. The number of aldehydes is 1. The van der Waals surface area contributed by atoms with Crippen LogP contribution in [0.1, 0.15) is 31.2 Å². The third-order valence-corrected chi connectivity index (χ3v) is 8.16. The number of benzene rings is 2. The summed E-state index contributed by atoms with van der Waals surface area (Å²) in [6.45, 7) is 2.46. The highest BCUT2D eigenvalue weighted by Crippen LogP contribution is 2.39. The van der Waals surface area contributed by atoms with Gasteiger partial charge in [0.1, 0.15) is 17.2 Å². The second-order valence-electron chi connectivity index (χ2n) is 10.7. The van der Waals surface area contributed by atoms with Crippen LogP contribution in [0.2, 0.25) is 0 Å². The predicted octanol–water partition coefficient (Wildman–Crippen LogP) is 5.41. The fraction of sp³-hybridized carbons (Fsp3) is 0.448. The molecule has 2 heterocycles. The molecule has 1 saturated heterocycles. The molecule has 1 aliphatic carbocycles. The zero-order valence-electron chi connectivity index (χ0n) is 23.0. The van der Waals surface area contributed by atoms with E-state index < -0.39 is 28.6 Å². The minimum Gasteiger partial charge on any atom is -0.372 e. The Hall–Kier alpha value is -3.84. The van der Waals surface area contributed by atoms with Gasteiger partial charge in [-0.1, -0.05) is 0 Å². The first-order chi connectivity index (χ1) is 20.0. The lowest BCUT2D eigenvalue weighted by molar-refractivity contribution is -0.388. The number of ether oxygens (including phenoxy) is 1. The SMILES string of the molecule is CN(c1ccc([N+](=O)[O-])c(C(F)(F)F)c1)C1CCC(OC(C=O)N2CCN(c3ccc4cc(F)ccc4n3)CC2)CC1. The van der Waals surface area contributed by atoms with Crippen molar-refractivity contribution in [2.75, 3.05) is 43.0 Å². The van der Waals surface area contributed by atoms with Gasteiger partial charge in [-0.25, -0.2) is 9.37 Å². The van der Waals surface area contributed by atoms with E-state index in [0.717, 1.165) is 29.6 Å². The number of carbonyl (C=O) groups is 1. The van der Waals surface area contributed by atoms with Gasteiger partial charge in [0.2, 0.25) is 0 Å². The summed E-state index contributed by atoms with van der Waals surface area (Å²) in [6.07, 6.45) is -2.40. The molecule has 9 nitrogen and oxygen atoms in total. The van der Waals surface area contributed by atoms with Crippen LogP contribution in [-0.4, -0.2) is 72.7 Å². The van der Waals surface area contributed by atoms with Gasteiger partial charge in [0.15, 0.2) is 12.5 Å². The van der Waals surface area contributed by atoms with E-state index in [1.807, 2.05) is 17.0 Å². The molecule has 0 N–H and O–H groups in total. The quantitative estimate of drug-likeness (QED) is 0.149. The molecule has 0 spiro atoms. The number of carbonyl (C=O) groups excluding carboxylic acids is 1. The van der Waals surface area contributed by atoms with Gasteiger partial charge >= 0.3 is 6.18 Å². The smallest absolute Gasteiger partial charge is 0.372 e. The lowest BCUT2D eigenvalue weighted by Gasteiger charge is -2.40. The van der Waals surface area contributed by atoms with Crippen molar-refractivity contribution in [3.05, 3.63) is 70.0 Å². The third-order valence-electron chi connectivity index (χ3n) is 8.16. The van der Waals surface area contributed by atoms with Crippen molar-refractivity contribution in [1.82, 2.24) is 9.88 Å². The molecule has 0 radical (unpaired) electrons. The number of alkyl halides is 3. The van der Waals surface area contributed by atoms with Crippen LogP contribution in [0.5, 0.6) is 0 Å². The molecule has 0 amide bonds. The van der Waals surface area contributed by atoms with Crippen molar-refractivity contribution in [3.8, 4) is 0 Å². The van der Waals surface area contributed by atoms with Gasteiger partial charge in [0.05, 0.1) is 16.5 Å². The Kier molecular flexibility index (Phi) is 8.60. The molecule has 1 aliphatic heterocycles. The van der Waals surface area contributed by atoms with Crippen molar-refractivity contribution in [1.29, 1.82) is 0 Å². The standard InChI is InChI=1S/C29H31F4N5O4/c1-35(22-6-10-26(38(40)41)24(17-22)29(31,32)33)21-4-7-23(8-5-21)42-28(18-39)37-14-12-36(13-15-37)27-11-2-19-16-20(30)3-9-25(19)34-27/h2-3,6,9-11,16-18,21,23,28H,4-5,7-8,12-15H2,1H3. The Balaban J connectivity index is 1.14. The van der Waals surface area contributed by atoms with Crippen LogP contribution in [0.25, 0.3) is 10.9 Å². The summed E-state index contributed by atoms with van der Waals surface area (Å²) in [6, 6.07) is 11.2. The second kappa shape index (κ2) is 12.2. The van der Waals surface area contributed by atoms with Crippen molar-refractivity contribution < 1.29 is 32.0 Å². The number of rotatable bonds is 8. The van der Waals surface area contributed by atoms with Gasteiger partial charge in [0.25, 0.3) is 5.69 Å². The highest BCUT2D eigenvalue weighted by molar-refractivity contribution is 5.80. The van der Waals surface area contributed by atoms with Crippen LogP contribution >= 0.6 is 0 Å². The topological polar surface area (TPSA) is 92.0 Å². The molecule has 1 atom stereocenters. The van der Waals surface area contributed by atoms with E-state index >= 15 is 0 Å². The number of piperazine rings is 1. The number of halogens is 4. The molecule has 13 heteroatoms. The van der Waals surface area contributed by atoms with Crippen molar-refractivity contribution in [3.63, 3.8) is 0 Å². The average molecular weight is 590 g/mol. The molecule has 1 saturated carbocycles. The molecule has 0 bridgehead atoms. The fourth-order valence-electron chi connectivity index (χ4n) is 5.78. The largest absolute Gasteiger partial charge is 0.423 e. The number of anilines is 2. The van der Waals surface area contributed by atoms with Crippen molar-refractivity contribution in [2.45, 2.75) is 50.2 Å². The fourth-order valence-corrected chi connectivity index (χ4v) is 5.78. The second-order valence-corrected chi connectivity index (χ2v) is 10.7. The molecule has 2 aliphatic rings. The van der Waals surface area contributed by atoms with Gasteiger partial charge in [-0.15, -0.1) is 0 Å². The van der Waals surface area contributed by atoms with Crippen LogP contribution in [0.3, 0.4) is 0 Å². The maximum Gasteiger partial charge on any atom is 0.423 e. The van der Waals surface area contributed by atoms with E-state index in [-0.39, 0.29) is 23.7 Å². The van der Waals surface area contributed by atoms with Crippen LogP contribution in [0.15, 0.2) is 48.5 Å². The Bertz CT molecular complexity index is 1440. The Morgan fingerprint density at radius 1 is 1.05 bits per heavy atom. The van der Waals surface area contributed by atoms with E-state index in [1.54, 1.807) is 18.0 Å². The summed E-state index contributed by atoms with van der Waals surface area (Å²) < 4.78 is 60.0. The van der Waals surface area contributed by atoms with Crippen LogP contribution < -0.4 is 9.80 Å². The maximum absolute atomic E-state index is 13.5. The Morgan fingerprint density at radius 2 is 1.76 bits per heavy atom. The number of aromatic nitrogens is 1. The summed E-state index contributed by atoms with van der Waals surface area (Å²) in [5.74, 6) is 0.477. The molecular formula is C29H31F4N5O4. The number of hydrogen-bond donors (Lipinski definition) is 0. The summed E-state index contributed by atoms with van der Waals surface area (Å²) >= 11 is 0. The summed E-state index contributed by atoms with van der Waals surface area (Å²) in [5.41, 5.74) is -1.27. The van der Waals surface area contributed by atoms with Gasteiger partial charge in [-0.05, 0) is 68.1 Å². The molecular weight excluding hydrogens is 558 g/mol.